The van der Waals surface area contributed by atoms with E-state index in [1.54, 1.807) is 17.8 Å². The summed E-state index contributed by atoms with van der Waals surface area (Å²) >= 11 is 0. The average Bonchev–Trinajstić information content (AvgIpc) is 2.77. The van der Waals surface area contributed by atoms with Crippen LogP contribution < -0.4 is 0 Å². The molecule has 1 fully saturated rings. The second-order valence-corrected chi connectivity index (χ2v) is 4.56. The number of amides is 1. The average molecular weight is 238 g/mol. The Kier molecular flexibility index (Phi) is 3.73. The lowest BCUT2D eigenvalue weighted by molar-refractivity contribution is -0.130. The topological polar surface area (TPSA) is 71.2 Å². The number of rotatable bonds is 3. The van der Waals surface area contributed by atoms with Gasteiger partial charge in [0.15, 0.2) is 0 Å². The Bertz CT molecular complexity index is 391. The van der Waals surface area contributed by atoms with Crippen LogP contribution in [0.3, 0.4) is 0 Å². The van der Waals surface area contributed by atoms with Crippen molar-refractivity contribution in [3.63, 3.8) is 0 Å². The van der Waals surface area contributed by atoms with Gasteiger partial charge in [-0.05, 0) is 18.8 Å². The van der Waals surface area contributed by atoms with Crippen LogP contribution in [0.4, 0.5) is 0 Å². The molecular formula is C11H18N4O2. The minimum Gasteiger partial charge on any atom is -0.390 e. The maximum atomic E-state index is 11.3. The maximum absolute atomic E-state index is 11.3. The summed E-state index contributed by atoms with van der Waals surface area (Å²) in [6.07, 6.45) is 3.91. The van der Waals surface area contributed by atoms with Crippen molar-refractivity contribution in [2.24, 2.45) is 5.92 Å². The standard InChI is InChI=1S/C11H18N4O2/c1-9(17)14-4-2-3-10(5-14)6-15-7-11(8-16)12-13-15/h7,10,16H,2-6,8H2,1H3/t10-/m1/s1. The summed E-state index contributed by atoms with van der Waals surface area (Å²) in [6, 6.07) is 0. The molecule has 0 spiro atoms. The van der Waals surface area contributed by atoms with Gasteiger partial charge in [-0.3, -0.25) is 9.48 Å². The Morgan fingerprint density at radius 1 is 1.65 bits per heavy atom. The molecule has 0 aliphatic carbocycles. The predicted octanol–water partition coefficient (Wildman–Crippen LogP) is 0.0289. The van der Waals surface area contributed by atoms with E-state index in [0.717, 1.165) is 32.5 Å². The number of aliphatic hydroxyl groups is 1. The van der Waals surface area contributed by atoms with Crippen molar-refractivity contribution >= 4 is 5.91 Å². The first-order valence-corrected chi connectivity index (χ1v) is 5.94. The van der Waals surface area contributed by atoms with E-state index in [2.05, 4.69) is 10.3 Å². The molecule has 1 atom stereocenters. The SMILES string of the molecule is CC(=O)N1CCC[C@@H](Cn2cc(CO)nn2)C1. The molecule has 1 aromatic rings. The molecule has 1 aromatic heterocycles. The molecule has 94 valence electrons. The van der Waals surface area contributed by atoms with Gasteiger partial charge in [0.1, 0.15) is 5.69 Å². The van der Waals surface area contributed by atoms with Crippen molar-refractivity contribution in [3.8, 4) is 0 Å². The van der Waals surface area contributed by atoms with E-state index in [9.17, 15) is 4.79 Å². The number of carbonyl (C=O) groups excluding carboxylic acids is 1. The summed E-state index contributed by atoms with van der Waals surface area (Å²) in [6.45, 7) is 3.96. The lowest BCUT2D eigenvalue weighted by Crippen LogP contribution is -2.39. The Morgan fingerprint density at radius 2 is 2.47 bits per heavy atom. The molecule has 6 nitrogen and oxygen atoms in total. The quantitative estimate of drug-likeness (QED) is 0.806. The highest BCUT2D eigenvalue weighted by molar-refractivity contribution is 5.73. The number of aromatic nitrogens is 3. The number of aliphatic hydroxyl groups excluding tert-OH is 1. The summed E-state index contributed by atoms with van der Waals surface area (Å²) in [4.78, 5) is 13.2. The van der Waals surface area contributed by atoms with E-state index in [1.807, 2.05) is 4.90 Å². The van der Waals surface area contributed by atoms with Crippen molar-refractivity contribution < 1.29 is 9.90 Å². The van der Waals surface area contributed by atoms with Crippen molar-refractivity contribution in [1.82, 2.24) is 19.9 Å². The van der Waals surface area contributed by atoms with E-state index < -0.39 is 0 Å². The normalized spacial score (nSPS) is 20.6. The highest BCUT2D eigenvalue weighted by Crippen LogP contribution is 2.18. The van der Waals surface area contributed by atoms with Gasteiger partial charge in [0.2, 0.25) is 5.91 Å². The lowest BCUT2D eigenvalue weighted by Gasteiger charge is -2.31. The molecule has 1 saturated heterocycles. The smallest absolute Gasteiger partial charge is 0.219 e. The van der Waals surface area contributed by atoms with Crippen molar-refractivity contribution in [2.75, 3.05) is 13.1 Å². The maximum Gasteiger partial charge on any atom is 0.219 e. The van der Waals surface area contributed by atoms with Crippen molar-refractivity contribution in [3.05, 3.63) is 11.9 Å². The third kappa shape index (κ3) is 3.03. The van der Waals surface area contributed by atoms with Crippen LogP contribution in [0, 0.1) is 5.92 Å². The minimum atomic E-state index is -0.0791. The first-order valence-electron chi connectivity index (χ1n) is 5.94. The van der Waals surface area contributed by atoms with Gasteiger partial charge in [0, 0.05) is 26.6 Å². The Balaban J connectivity index is 1.92. The van der Waals surface area contributed by atoms with Gasteiger partial charge in [0.05, 0.1) is 12.8 Å². The van der Waals surface area contributed by atoms with Crippen molar-refractivity contribution in [2.45, 2.75) is 32.9 Å². The van der Waals surface area contributed by atoms with E-state index >= 15 is 0 Å². The predicted molar refractivity (Wildman–Crippen MR) is 60.9 cm³/mol. The third-order valence-electron chi connectivity index (χ3n) is 3.16. The van der Waals surface area contributed by atoms with E-state index in [0.29, 0.717) is 11.6 Å². The molecule has 1 aliphatic heterocycles. The monoisotopic (exact) mass is 238 g/mol. The number of carbonyl (C=O) groups is 1. The number of hydrogen-bond donors (Lipinski definition) is 1. The zero-order valence-corrected chi connectivity index (χ0v) is 10.0. The van der Waals surface area contributed by atoms with Gasteiger partial charge >= 0.3 is 0 Å². The fourth-order valence-electron chi connectivity index (χ4n) is 2.26. The summed E-state index contributed by atoms with van der Waals surface area (Å²) < 4.78 is 1.75. The molecule has 0 unspecified atom stereocenters. The molecule has 2 heterocycles. The van der Waals surface area contributed by atoms with Gasteiger partial charge in [0.25, 0.3) is 0 Å². The molecular weight excluding hydrogens is 220 g/mol. The van der Waals surface area contributed by atoms with Crippen LogP contribution in [-0.4, -0.2) is 44.0 Å². The van der Waals surface area contributed by atoms with Gasteiger partial charge in [-0.2, -0.15) is 0 Å². The molecule has 1 amide bonds. The second-order valence-electron chi connectivity index (χ2n) is 4.56. The third-order valence-corrected chi connectivity index (χ3v) is 3.16. The zero-order chi connectivity index (χ0) is 12.3. The first-order chi connectivity index (χ1) is 8.19. The largest absolute Gasteiger partial charge is 0.390 e. The molecule has 17 heavy (non-hydrogen) atoms. The summed E-state index contributed by atoms with van der Waals surface area (Å²) in [5, 5.41) is 16.7. The number of hydrogen-bond acceptors (Lipinski definition) is 4. The lowest BCUT2D eigenvalue weighted by atomic mass is 9.98. The molecule has 0 bridgehead atoms. The van der Waals surface area contributed by atoms with Crippen LogP contribution in [0.15, 0.2) is 6.20 Å². The van der Waals surface area contributed by atoms with Crippen molar-refractivity contribution in [1.29, 1.82) is 0 Å². The molecule has 6 heteroatoms. The first kappa shape index (κ1) is 12.0. The fraction of sp³-hybridized carbons (Fsp3) is 0.727. The van der Waals surface area contributed by atoms with Crippen LogP contribution in [0.1, 0.15) is 25.5 Å². The van der Waals surface area contributed by atoms with Crippen LogP contribution in [0.2, 0.25) is 0 Å². The second kappa shape index (κ2) is 5.27. The van der Waals surface area contributed by atoms with Crippen LogP contribution in [0.25, 0.3) is 0 Å². The number of piperidine rings is 1. The molecule has 2 rings (SSSR count). The number of likely N-dealkylation sites (tertiary alicyclic amines) is 1. The summed E-state index contributed by atoms with van der Waals surface area (Å²) in [5.41, 5.74) is 0.587. The van der Waals surface area contributed by atoms with Crippen LogP contribution in [-0.2, 0) is 17.9 Å². The highest BCUT2D eigenvalue weighted by Gasteiger charge is 2.22. The van der Waals surface area contributed by atoms with Gasteiger partial charge in [-0.1, -0.05) is 5.21 Å². The van der Waals surface area contributed by atoms with Crippen LogP contribution in [0.5, 0.6) is 0 Å². The summed E-state index contributed by atoms with van der Waals surface area (Å²) in [7, 11) is 0. The highest BCUT2D eigenvalue weighted by atomic mass is 16.3. The Morgan fingerprint density at radius 3 is 3.12 bits per heavy atom. The van der Waals surface area contributed by atoms with Gasteiger partial charge < -0.3 is 10.0 Å². The summed E-state index contributed by atoms with van der Waals surface area (Å²) in [5.74, 6) is 0.574. The molecule has 0 radical (unpaired) electrons. The Labute approximate surface area is 100 Å². The zero-order valence-electron chi connectivity index (χ0n) is 10.0. The molecule has 0 aromatic carbocycles. The van der Waals surface area contributed by atoms with E-state index in [-0.39, 0.29) is 12.5 Å². The molecule has 0 saturated carbocycles. The number of nitrogens with zero attached hydrogens (tertiary/aromatic N) is 4. The van der Waals surface area contributed by atoms with E-state index in [4.69, 9.17) is 5.11 Å². The molecule has 1 N–H and O–H groups in total. The van der Waals surface area contributed by atoms with Gasteiger partial charge in [-0.15, -0.1) is 5.10 Å². The molecule has 1 aliphatic rings. The fourth-order valence-corrected chi connectivity index (χ4v) is 2.26. The minimum absolute atomic E-state index is 0.0791. The van der Waals surface area contributed by atoms with E-state index in [1.165, 1.54) is 0 Å². The Hall–Kier alpha value is -1.43. The van der Waals surface area contributed by atoms with Crippen LogP contribution >= 0.6 is 0 Å². The van der Waals surface area contributed by atoms with Gasteiger partial charge in [-0.25, -0.2) is 0 Å².